The Morgan fingerprint density at radius 2 is 2.00 bits per heavy atom. The zero-order valence-corrected chi connectivity index (χ0v) is 12.7. The highest BCUT2D eigenvalue weighted by molar-refractivity contribution is 6.09. The Morgan fingerprint density at radius 1 is 1.17 bits per heavy atom. The SMILES string of the molecule is Cn1ccc2cnc3c(=O)c(NC=Cc4ccccc4)cc1c23. The minimum absolute atomic E-state index is 0.0728. The minimum atomic E-state index is -0.0728. The zero-order valence-electron chi connectivity index (χ0n) is 12.7. The molecule has 2 aromatic carbocycles. The van der Waals surface area contributed by atoms with Gasteiger partial charge in [-0.1, -0.05) is 30.3 Å². The maximum absolute atomic E-state index is 12.6. The molecule has 0 unspecified atom stereocenters. The van der Waals surface area contributed by atoms with Crippen LogP contribution < -0.4 is 10.7 Å². The predicted molar refractivity (Wildman–Crippen MR) is 94.8 cm³/mol. The molecule has 0 saturated heterocycles. The van der Waals surface area contributed by atoms with E-state index in [9.17, 15) is 4.79 Å². The molecule has 23 heavy (non-hydrogen) atoms. The van der Waals surface area contributed by atoms with Gasteiger partial charge in [-0.15, -0.1) is 0 Å². The summed E-state index contributed by atoms with van der Waals surface area (Å²) < 4.78 is 2.00. The van der Waals surface area contributed by atoms with E-state index in [0.717, 1.165) is 21.9 Å². The number of nitrogens with one attached hydrogen (secondary N) is 1. The largest absolute Gasteiger partial charge is 0.358 e. The molecule has 0 fully saturated rings. The third kappa shape index (κ3) is 2.25. The van der Waals surface area contributed by atoms with E-state index in [-0.39, 0.29) is 5.43 Å². The van der Waals surface area contributed by atoms with Crippen LogP contribution in [0.2, 0.25) is 0 Å². The van der Waals surface area contributed by atoms with Crippen LogP contribution in [-0.2, 0) is 7.05 Å². The van der Waals surface area contributed by atoms with E-state index in [1.807, 2.05) is 66.4 Å². The van der Waals surface area contributed by atoms with E-state index in [1.165, 1.54) is 0 Å². The second-order valence-corrected chi connectivity index (χ2v) is 5.52. The third-order valence-corrected chi connectivity index (χ3v) is 4.03. The summed E-state index contributed by atoms with van der Waals surface area (Å²) in [5, 5.41) is 5.02. The van der Waals surface area contributed by atoms with Crippen molar-refractivity contribution in [3.63, 3.8) is 0 Å². The highest BCUT2D eigenvalue weighted by Crippen LogP contribution is 2.25. The fourth-order valence-electron chi connectivity index (χ4n) is 2.82. The molecule has 0 bridgehead atoms. The number of hydrogen-bond acceptors (Lipinski definition) is 3. The summed E-state index contributed by atoms with van der Waals surface area (Å²) in [5.41, 5.74) is 3.04. The molecule has 0 spiro atoms. The molecule has 2 aromatic heterocycles. The lowest BCUT2D eigenvalue weighted by atomic mass is 10.1. The molecule has 0 saturated carbocycles. The third-order valence-electron chi connectivity index (χ3n) is 4.03. The average molecular weight is 301 g/mol. The first-order chi connectivity index (χ1) is 11.2. The molecule has 0 radical (unpaired) electrons. The van der Waals surface area contributed by atoms with E-state index in [1.54, 1.807) is 12.4 Å². The Kier molecular flexibility index (Phi) is 3.08. The highest BCUT2D eigenvalue weighted by atomic mass is 16.1. The van der Waals surface area contributed by atoms with Crippen molar-refractivity contribution in [3.8, 4) is 0 Å². The van der Waals surface area contributed by atoms with Crippen molar-refractivity contribution in [2.24, 2.45) is 7.05 Å². The number of benzene rings is 2. The van der Waals surface area contributed by atoms with Gasteiger partial charge in [0.1, 0.15) is 5.52 Å². The van der Waals surface area contributed by atoms with Gasteiger partial charge in [-0.05, 0) is 23.8 Å². The minimum Gasteiger partial charge on any atom is -0.358 e. The lowest BCUT2D eigenvalue weighted by Crippen LogP contribution is -2.09. The van der Waals surface area contributed by atoms with Crippen LogP contribution in [-0.4, -0.2) is 9.55 Å². The van der Waals surface area contributed by atoms with Crippen molar-refractivity contribution in [1.82, 2.24) is 9.55 Å². The van der Waals surface area contributed by atoms with Crippen LogP contribution in [0.15, 0.2) is 65.9 Å². The van der Waals surface area contributed by atoms with Crippen LogP contribution in [0.4, 0.5) is 5.69 Å². The molecule has 4 rings (SSSR count). The number of pyridine rings is 1. The van der Waals surface area contributed by atoms with Gasteiger partial charge in [0.15, 0.2) is 0 Å². The van der Waals surface area contributed by atoms with E-state index < -0.39 is 0 Å². The van der Waals surface area contributed by atoms with Crippen LogP contribution in [0, 0.1) is 0 Å². The van der Waals surface area contributed by atoms with Gasteiger partial charge < -0.3 is 9.88 Å². The topological polar surface area (TPSA) is 46.9 Å². The molecule has 4 nitrogen and oxygen atoms in total. The van der Waals surface area contributed by atoms with Crippen LogP contribution >= 0.6 is 0 Å². The first kappa shape index (κ1) is 13.5. The number of hydrogen-bond donors (Lipinski definition) is 1. The average Bonchev–Trinajstić information content (AvgIpc) is 3.00. The van der Waals surface area contributed by atoms with E-state index in [4.69, 9.17) is 0 Å². The summed E-state index contributed by atoms with van der Waals surface area (Å²) in [5.74, 6) is 0. The van der Waals surface area contributed by atoms with Gasteiger partial charge in [0, 0.05) is 36.4 Å². The summed E-state index contributed by atoms with van der Waals surface area (Å²) in [6, 6.07) is 13.8. The number of anilines is 1. The number of rotatable bonds is 3. The number of aromatic nitrogens is 2. The van der Waals surface area contributed by atoms with Gasteiger partial charge >= 0.3 is 0 Å². The highest BCUT2D eigenvalue weighted by Gasteiger charge is 2.13. The van der Waals surface area contributed by atoms with Gasteiger partial charge in [0.05, 0.1) is 11.2 Å². The molecule has 0 amide bonds. The normalized spacial score (nSPS) is 11.7. The molecule has 2 heterocycles. The Balaban J connectivity index is 1.78. The summed E-state index contributed by atoms with van der Waals surface area (Å²) in [4.78, 5) is 16.9. The first-order valence-electron chi connectivity index (χ1n) is 7.42. The van der Waals surface area contributed by atoms with Gasteiger partial charge in [0.2, 0.25) is 5.43 Å². The maximum atomic E-state index is 12.6. The Labute approximate surface area is 133 Å². The standard InChI is InChI=1S/C19H15N3O/c1-22-10-8-14-12-21-18-17(14)16(22)11-15(19(18)23)20-9-7-13-5-3-2-4-6-13/h2-12,20H,1H3. The monoisotopic (exact) mass is 301 g/mol. The summed E-state index contributed by atoms with van der Waals surface area (Å²) in [6.45, 7) is 0. The van der Waals surface area contributed by atoms with Gasteiger partial charge in [-0.3, -0.25) is 9.78 Å². The lowest BCUT2D eigenvalue weighted by Gasteiger charge is -2.08. The fraction of sp³-hybridized carbons (Fsp3) is 0.0526. The van der Waals surface area contributed by atoms with Crippen molar-refractivity contribution < 1.29 is 0 Å². The molecule has 1 N–H and O–H groups in total. The second kappa shape index (κ2) is 5.25. The van der Waals surface area contributed by atoms with Crippen LogP contribution in [0.5, 0.6) is 0 Å². The molecule has 4 heteroatoms. The number of nitrogens with zero attached hydrogens (tertiary/aromatic N) is 2. The molecular formula is C19H15N3O. The smallest absolute Gasteiger partial charge is 0.228 e. The predicted octanol–water partition coefficient (Wildman–Crippen LogP) is 3.61. The van der Waals surface area contributed by atoms with Crippen LogP contribution in [0.25, 0.3) is 27.9 Å². The van der Waals surface area contributed by atoms with Crippen molar-refractivity contribution in [2.45, 2.75) is 0 Å². The van der Waals surface area contributed by atoms with E-state index >= 15 is 0 Å². The Hall–Kier alpha value is -3.14. The van der Waals surface area contributed by atoms with Gasteiger partial charge in [-0.25, -0.2) is 0 Å². The molecule has 0 aliphatic carbocycles. The Bertz CT molecular complexity index is 1060. The number of aryl methyl sites for hydroxylation is 1. The quantitative estimate of drug-likeness (QED) is 0.629. The van der Waals surface area contributed by atoms with Crippen molar-refractivity contribution in [1.29, 1.82) is 0 Å². The van der Waals surface area contributed by atoms with E-state index in [2.05, 4.69) is 10.3 Å². The fourth-order valence-corrected chi connectivity index (χ4v) is 2.82. The van der Waals surface area contributed by atoms with Gasteiger partial charge in [-0.2, -0.15) is 0 Å². The van der Waals surface area contributed by atoms with Crippen molar-refractivity contribution in [2.75, 3.05) is 5.32 Å². The van der Waals surface area contributed by atoms with Gasteiger partial charge in [0.25, 0.3) is 0 Å². The molecule has 0 aliphatic rings. The molecule has 0 atom stereocenters. The summed E-state index contributed by atoms with van der Waals surface area (Å²) in [7, 11) is 1.97. The maximum Gasteiger partial charge on any atom is 0.228 e. The van der Waals surface area contributed by atoms with Crippen LogP contribution in [0.3, 0.4) is 0 Å². The second-order valence-electron chi connectivity index (χ2n) is 5.52. The Morgan fingerprint density at radius 3 is 2.83 bits per heavy atom. The van der Waals surface area contributed by atoms with Crippen molar-refractivity contribution in [3.05, 3.63) is 76.8 Å². The summed E-state index contributed by atoms with van der Waals surface area (Å²) in [6.07, 6.45) is 7.45. The van der Waals surface area contributed by atoms with Crippen LogP contribution in [0.1, 0.15) is 5.56 Å². The van der Waals surface area contributed by atoms with Crippen molar-refractivity contribution >= 4 is 33.6 Å². The van der Waals surface area contributed by atoms with E-state index in [0.29, 0.717) is 11.2 Å². The lowest BCUT2D eigenvalue weighted by molar-refractivity contribution is 0.956. The molecule has 4 aromatic rings. The zero-order chi connectivity index (χ0) is 15.8. The molecule has 112 valence electrons. The first-order valence-corrected chi connectivity index (χ1v) is 7.42. The molecule has 0 aliphatic heterocycles. The summed E-state index contributed by atoms with van der Waals surface area (Å²) >= 11 is 0. The molecular weight excluding hydrogens is 286 g/mol.